The van der Waals surface area contributed by atoms with Crippen molar-refractivity contribution in [2.45, 2.75) is 12.5 Å². The van der Waals surface area contributed by atoms with Crippen LogP contribution in [0.1, 0.15) is 16.8 Å². The van der Waals surface area contributed by atoms with E-state index in [0.717, 1.165) is 0 Å². The summed E-state index contributed by atoms with van der Waals surface area (Å²) in [6.07, 6.45) is 0.408. The third kappa shape index (κ3) is 4.22. The van der Waals surface area contributed by atoms with Crippen LogP contribution in [0.3, 0.4) is 0 Å². The number of esters is 1. The Morgan fingerprint density at radius 1 is 1.30 bits per heavy atom. The Labute approximate surface area is 135 Å². The van der Waals surface area contributed by atoms with Crippen LogP contribution in [-0.4, -0.2) is 63.5 Å². The summed E-state index contributed by atoms with van der Waals surface area (Å²) in [6, 6.07) is 6.18. The summed E-state index contributed by atoms with van der Waals surface area (Å²) in [5.74, 6) is -0.704. The largest absolute Gasteiger partial charge is 0.496 e. The van der Waals surface area contributed by atoms with E-state index >= 15 is 0 Å². The van der Waals surface area contributed by atoms with Crippen LogP contribution >= 0.6 is 0 Å². The molecule has 126 valence electrons. The molecule has 1 aromatic carbocycles. The maximum atomic E-state index is 12.1. The van der Waals surface area contributed by atoms with Crippen LogP contribution in [0.5, 0.6) is 5.75 Å². The van der Waals surface area contributed by atoms with E-state index in [1.54, 1.807) is 24.3 Å². The molecule has 0 unspecified atom stereocenters. The predicted octanol–water partition coefficient (Wildman–Crippen LogP) is 0.497. The molecule has 0 spiro atoms. The van der Waals surface area contributed by atoms with Crippen LogP contribution in [0.25, 0.3) is 0 Å². The zero-order valence-electron chi connectivity index (χ0n) is 13.0. The number of amides is 1. The molecule has 23 heavy (non-hydrogen) atoms. The number of sulfone groups is 1. The molecule has 0 saturated carbocycles. The normalized spacial score (nSPS) is 19.1. The quantitative estimate of drug-likeness (QED) is 0.725. The van der Waals surface area contributed by atoms with Gasteiger partial charge in [-0.05, 0) is 18.6 Å². The van der Waals surface area contributed by atoms with Crippen molar-refractivity contribution < 1.29 is 27.5 Å². The monoisotopic (exact) mass is 341 g/mol. The predicted molar refractivity (Wildman–Crippen MR) is 83.1 cm³/mol. The Bertz CT molecular complexity index is 700. The third-order valence-corrected chi connectivity index (χ3v) is 5.55. The topological polar surface area (TPSA) is 90.0 Å². The second kappa shape index (κ2) is 6.99. The standard InChI is InChI=1S/C15H19NO6S/c1-16(11-7-8-23(19,20)10-11)14(17)9-22-15(18)12-5-3-4-6-13(12)21-2/h3-6,11H,7-10H2,1-2H3/t11-/m1/s1. The Morgan fingerprint density at radius 2 is 2.00 bits per heavy atom. The molecule has 1 aromatic rings. The number of likely N-dealkylation sites (N-methyl/N-ethyl adjacent to an activating group) is 1. The van der Waals surface area contributed by atoms with Crippen LogP contribution < -0.4 is 4.74 Å². The zero-order valence-corrected chi connectivity index (χ0v) is 13.8. The zero-order chi connectivity index (χ0) is 17.0. The molecule has 1 saturated heterocycles. The number of benzene rings is 1. The first-order chi connectivity index (χ1) is 10.8. The summed E-state index contributed by atoms with van der Waals surface area (Å²) in [7, 11) is -0.121. The highest BCUT2D eigenvalue weighted by Crippen LogP contribution is 2.19. The van der Waals surface area contributed by atoms with E-state index in [4.69, 9.17) is 9.47 Å². The number of nitrogens with zero attached hydrogens (tertiary/aromatic N) is 1. The number of methoxy groups -OCH3 is 1. The molecule has 1 atom stereocenters. The van der Waals surface area contributed by atoms with Gasteiger partial charge in [-0.2, -0.15) is 0 Å². The van der Waals surface area contributed by atoms with Crippen molar-refractivity contribution in [1.82, 2.24) is 4.90 Å². The molecule has 0 aromatic heterocycles. The Morgan fingerprint density at radius 3 is 2.61 bits per heavy atom. The van der Waals surface area contributed by atoms with Crippen molar-refractivity contribution in [3.63, 3.8) is 0 Å². The van der Waals surface area contributed by atoms with Gasteiger partial charge in [0.2, 0.25) is 0 Å². The van der Waals surface area contributed by atoms with Gasteiger partial charge in [-0.3, -0.25) is 4.79 Å². The molecule has 0 bridgehead atoms. The Balaban J connectivity index is 1.92. The lowest BCUT2D eigenvalue weighted by atomic mass is 10.2. The number of rotatable bonds is 5. The average molecular weight is 341 g/mol. The first kappa shape index (κ1) is 17.3. The van der Waals surface area contributed by atoms with Gasteiger partial charge in [-0.1, -0.05) is 12.1 Å². The van der Waals surface area contributed by atoms with Crippen LogP contribution in [0, 0.1) is 0 Å². The summed E-state index contributed by atoms with van der Waals surface area (Å²) in [5.41, 5.74) is 0.230. The van der Waals surface area contributed by atoms with Crippen molar-refractivity contribution in [2.75, 3.05) is 32.3 Å². The molecule has 8 heteroatoms. The van der Waals surface area contributed by atoms with E-state index in [2.05, 4.69) is 0 Å². The van der Waals surface area contributed by atoms with Crippen LogP contribution in [0.2, 0.25) is 0 Å². The van der Waals surface area contributed by atoms with Crippen molar-refractivity contribution in [3.8, 4) is 5.75 Å². The molecular formula is C15H19NO6S. The fraction of sp³-hybridized carbons (Fsp3) is 0.467. The number of hydrogen-bond donors (Lipinski definition) is 0. The van der Waals surface area contributed by atoms with Crippen LogP contribution in [0.15, 0.2) is 24.3 Å². The van der Waals surface area contributed by atoms with Crippen LogP contribution in [-0.2, 0) is 19.4 Å². The minimum absolute atomic E-state index is 0.0459. The molecule has 1 aliphatic rings. The van der Waals surface area contributed by atoms with E-state index in [0.29, 0.717) is 12.2 Å². The van der Waals surface area contributed by atoms with Crippen LogP contribution in [0.4, 0.5) is 0 Å². The van der Waals surface area contributed by atoms with E-state index < -0.39 is 28.3 Å². The summed E-state index contributed by atoms with van der Waals surface area (Å²) in [6.45, 7) is -0.441. The van der Waals surface area contributed by atoms with Gasteiger partial charge >= 0.3 is 5.97 Å². The molecule has 1 fully saturated rings. The van der Waals surface area contributed by atoms with E-state index in [-0.39, 0.29) is 23.1 Å². The summed E-state index contributed by atoms with van der Waals surface area (Å²) < 4.78 is 33.0. The van der Waals surface area contributed by atoms with Gasteiger partial charge < -0.3 is 14.4 Å². The third-order valence-electron chi connectivity index (χ3n) is 3.80. The lowest BCUT2D eigenvalue weighted by molar-refractivity contribution is -0.134. The molecule has 0 N–H and O–H groups in total. The van der Waals surface area contributed by atoms with Gasteiger partial charge in [0.15, 0.2) is 16.4 Å². The van der Waals surface area contributed by atoms with Gasteiger partial charge in [0.25, 0.3) is 5.91 Å². The molecule has 7 nitrogen and oxygen atoms in total. The minimum atomic E-state index is -3.08. The van der Waals surface area contributed by atoms with Crippen molar-refractivity contribution in [3.05, 3.63) is 29.8 Å². The molecule has 0 radical (unpaired) electrons. The van der Waals surface area contributed by atoms with Crippen molar-refractivity contribution in [1.29, 1.82) is 0 Å². The Kier molecular flexibility index (Phi) is 5.25. The molecule has 1 heterocycles. The highest BCUT2D eigenvalue weighted by atomic mass is 32.2. The maximum absolute atomic E-state index is 12.1. The number of ether oxygens (including phenoxy) is 2. The molecular weight excluding hydrogens is 322 g/mol. The minimum Gasteiger partial charge on any atom is -0.496 e. The summed E-state index contributed by atoms with van der Waals surface area (Å²) in [5, 5.41) is 0. The maximum Gasteiger partial charge on any atom is 0.342 e. The lowest BCUT2D eigenvalue weighted by Crippen LogP contribution is -2.40. The second-order valence-corrected chi connectivity index (χ2v) is 7.57. The second-order valence-electron chi connectivity index (χ2n) is 5.34. The molecule has 0 aliphatic carbocycles. The Hall–Kier alpha value is -2.09. The summed E-state index contributed by atoms with van der Waals surface area (Å²) in [4.78, 5) is 25.4. The van der Waals surface area contributed by atoms with E-state index in [1.807, 2.05) is 0 Å². The lowest BCUT2D eigenvalue weighted by Gasteiger charge is -2.23. The van der Waals surface area contributed by atoms with Crippen molar-refractivity contribution in [2.24, 2.45) is 0 Å². The highest BCUT2D eigenvalue weighted by molar-refractivity contribution is 7.91. The van der Waals surface area contributed by atoms with E-state index in [9.17, 15) is 18.0 Å². The number of hydrogen-bond acceptors (Lipinski definition) is 6. The average Bonchev–Trinajstić information content (AvgIpc) is 2.91. The van der Waals surface area contributed by atoms with Gasteiger partial charge in [-0.25, -0.2) is 13.2 Å². The fourth-order valence-corrected chi connectivity index (χ4v) is 4.18. The molecule has 2 rings (SSSR count). The molecule has 1 amide bonds. The van der Waals surface area contributed by atoms with Crippen molar-refractivity contribution >= 4 is 21.7 Å². The summed E-state index contributed by atoms with van der Waals surface area (Å²) >= 11 is 0. The number of carbonyl (C=O) groups excluding carboxylic acids is 2. The fourth-order valence-electron chi connectivity index (χ4n) is 2.40. The van der Waals surface area contributed by atoms with Gasteiger partial charge in [0, 0.05) is 13.1 Å². The number of carbonyl (C=O) groups is 2. The van der Waals surface area contributed by atoms with E-state index in [1.165, 1.54) is 19.1 Å². The first-order valence-corrected chi connectivity index (χ1v) is 8.92. The molecule has 1 aliphatic heterocycles. The number of para-hydroxylation sites is 1. The van der Waals surface area contributed by atoms with Gasteiger partial charge in [0.05, 0.1) is 18.6 Å². The first-order valence-electron chi connectivity index (χ1n) is 7.10. The highest BCUT2D eigenvalue weighted by Gasteiger charge is 2.33. The van der Waals surface area contributed by atoms with Gasteiger partial charge in [0.1, 0.15) is 11.3 Å². The smallest absolute Gasteiger partial charge is 0.342 e. The van der Waals surface area contributed by atoms with Gasteiger partial charge in [-0.15, -0.1) is 0 Å². The SMILES string of the molecule is COc1ccccc1C(=O)OCC(=O)N(C)[C@@H]1CCS(=O)(=O)C1.